The van der Waals surface area contributed by atoms with Crippen molar-refractivity contribution in [3.63, 3.8) is 0 Å². The minimum absolute atomic E-state index is 0. The molecule has 0 aliphatic rings. The highest BCUT2D eigenvalue weighted by Crippen LogP contribution is 1.94. The van der Waals surface area contributed by atoms with Gasteiger partial charge in [-0.3, -0.25) is 29.0 Å². The molecule has 0 aliphatic heterocycles. The van der Waals surface area contributed by atoms with Crippen LogP contribution in [0.5, 0.6) is 0 Å². The van der Waals surface area contributed by atoms with Gasteiger partial charge in [0.15, 0.2) is 0 Å². The number of hydrogen-bond donors (Lipinski definition) is 4. The third kappa shape index (κ3) is 14.8. The van der Waals surface area contributed by atoms with Crippen LogP contribution in [0.25, 0.3) is 0 Å². The van der Waals surface area contributed by atoms with Crippen LogP contribution in [0, 0.1) is 0 Å². The molecule has 0 spiro atoms. The fourth-order valence-electron chi connectivity index (χ4n) is 1.48. The second kappa shape index (κ2) is 13.1. The zero-order chi connectivity index (χ0) is 15.7. The summed E-state index contributed by atoms with van der Waals surface area (Å²) in [6.45, 7) is -2.25. The Hall–Kier alpha value is -1.62. The summed E-state index contributed by atoms with van der Waals surface area (Å²) in [5.41, 5.74) is 0. The van der Waals surface area contributed by atoms with Crippen LogP contribution >= 0.6 is 24.8 Å². The van der Waals surface area contributed by atoms with E-state index >= 15 is 0 Å². The molecule has 0 unspecified atom stereocenters. The molecule has 22 heavy (non-hydrogen) atoms. The Morgan fingerprint density at radius 3 is 0.864 bits per heavy atom. The highest BCUT2D eigenvalue weighted by molar-refractivity contribution is 5.85. The quantitative estimate of drug-likeness (QED) is 0.350. The molecule has 0 saturated heterocycles. The first-order valence-corrected chi connectivity index (χ1v) is 5.52. The first-order valence-electron chi connectivity index (χ1n) is 5.52. The third-order valence-corrected chi connectivity index (χ3v) is 2.17. The lowest BCUT2D eigenvalue weighted by Crippen LogP contribution is -2.43. The summed E-state index contributed by atoms with van der Waals surface area (Å²) in [6.07, 6.45) is 0. The van der Waals surface area contributed by atoms with E-state index in [4.69, 9.17) is 20.4 Å². The summed E-state index contributed by atoms with van der Waals surface area (Å²) in [4.78, 5) is 44.4. The molecule has 0 saturated carbocycles. The van der Waals surface area contributed by atoms with E-state index in [0.29, 0.717) is 0 Å². The maximum Gasteiger partial charge on any atom is 0.317 e. The molecule has 0 fully saturated rings. The molecule has 0 heterocycles. The molecule has 4 N–H and O–H groups in total. The van der Waals surface area contributed by atoms with Crippen molar-refractivity contribution >= 4 is 48.7 Å². The van der Waals surface area contributed by atoms with Crippen molar-refractivity contribution in [2.45, 2.75) is 0 Å². The predicted molar refractivity (Wildman–Crippen MR) is 77.9 cm³/mol. The molecular formula is C10H18Cl2N2O8. The molecule has 0 aromatic carbocycles. The highest BCUT2D eigenvalue weighted by atomic mass is 35.5. The largest absolute Gasteiger partial charge is 0.480 e. The Bertz CT molecular complexity index is 325. The molecule has 130 valence electrons. The standard InChI is InChI=1S/C10H16N2O8.2ClH/c13-7(14)3-11(4-8(15)16)1-2-12(5-9(17)18)6-10(19)20;;/h1-6H2,(H,13,14)(H,15,16)(H,17,18)(H,19,20);2*1H. The summed E-state index contributed by atoms with van der Waals surface area (Å²) >= 11 is 0. The van der Waals surface area contributed by atoms with E-state index in [9.17, 15) is 19.2 Å². The van der Waals surface area contributed by atoms with Crippen LogP contribution in [-0.4, -0.2) is 93.4 Å². The van der Waals surface area contributed by atoms with E-state index in [1.54, 1.807) is 0 Å². The van der Waals surface area contributed by atoms with Gasteiger partial charge in [0.1, 0.15) is 0 Å². The zero-order valence-corrected chi connectivity index (χ0v) is 13.0. The Balaban J connectivity index is -0.00000180. The molecule has 0 bridgehead atoms. The van der Waals surface area contributed by atoms with E-state index in [-0.39, 0.29) is 37.9 Å². The molecule has 0 aromatic heterocycles. The highest BCUT2D eigenvalue weighted by Gasteiger charge is 2.17. The van der Waals surface area contributed by atoms with E-state index in [1.807, 2.05) is 0 Å². The zero-order valence-electron chi connectivity index (χ0n) is 11.4. The minimum Gasteiger partial charge on any atom is -0.480 e. The molecule has 0 aliphatic carbocycles. The Morgan fingerprint density at radius 2 is 0.727 bits per heavy atom. The van der Waals surface area contributed by atoms with Gasteiger partial charge in [-0.25, -0.2) is 0 Å². The van der Waals surface area contributed by atoms with Gasteiger partial charge < -0.3 is 20.4 Å². The van der Waals surface area contributed by atoms with Crippen molar-refractivity contribution in [2.75, 3.05) is 39.3 Å². The number of rotatable bonds is 11. The fourth-order valence-corrected chi connectivity index (χ4v) is 1.48. The van der Waals surface area contributed by atoms with Gasteiger partial charge in [0.05, 0.1) is 26.2 Å². The van der Waals surface area contributed by atoms with Crippen molar-refractivity contribution in [1.29, 1.82) is 0 Å². The SMILES string of the molecule is Cl.Cl.O=C(O)CN(CCN(CC(=O)O)CC(=O)O)CC(=O)O. The first-order chi connectivity index (χ1) is 9.20. The van der Waals surface area contributed by atoms with Gasteiger partial charge >= 0.3 is 23.9 Å². The molecule has 0 rings (SSSR count). The summed E-state index contributed by atoms with van der Waals surface area (Å²) in [7, 11) is 0. The lowest BCUT2D eigenvalue weighted by molar-refractivity contribution is -0.145. The number of aliphatic carboxylic acids is 4. The number of carbonyl (C=O) groups is 4. The van der Waals surface area contributed by atoms with Crippen molar-refractivity contribution < 1.29 is 39.6 Å². The van der Waals surface area contributed by atoms with Crippen LogP contribution in [-0.2, 0) is 19.2 Å². The molecular weight excluding hydrogens is 347 g/mol. The summed E-state index contributed by atoms with van der Waals surface area (Å²) in [5, 5.41) is 34.5. The lowest BCUT2D eigenvalue weighted by Gasteiger charge is -2.23. The molecule has 0 aromatic rings. The monoisotopic (exact) mass is 364 g/mol. The van der Waals surface area contributed by atoms with Crippen molar-refractivity contribution in [3.05, 3.63) is 0 Å². The topological polar surface area (TPSA) is 156 Å². The van der Waals surface area contributed by atoms with Gasteiger partial charge in [-0.1, -0.05) is 0 Å². The summed E-state index contributed by atoms with van der Waals surface area (Å²) in [6, 6.07) is 0. The average molecular weight is 365 g/mol. The lowest BCUT2D eigenvalue weighted by atomic mass is 10.4. The maximum absolute atomic E-state index is 10.6. The Morgan fingerprint density at radius 1 is 0.545 bits per heavy atom. The Labute approximate surface area is 138 Å². The molecule has 0 amide bonds. The Kier molecular flexibility index (Phi) is 15.1. The van der Waals surface area contributed by atoms with Crippen LogP contribution < -0.4 is 0 Å². The maximum atomic E-state index is 10.6. The number of carboxylic acids is 4. The fraction of sp³-hybridized carbons (Fsp3) is 0.600. The normalized spacial score (nSPS) is 9.73. The van der Waals surface area contributed by atoms with Crippen LogP contribution in [0.2, 0.25) is 0 Å². The summed E-state index contributed by atoms with van der Waals surface area (Å²) < 4.78 is 0. The van der Waals surface area contributed by atoms with E-state index < -0.39 is 50.1 Å². The van der Waals surface area contributed by atoms with Crippen LogP contribution in [0.15, 0.2) is 0 Å². The number of carboxylic acid groups (broad SMARTS) is 4. The molecule has 0 radical (unpaired) electrons. The van der Waals surface area contributed by atoms with Gasteiger partial charge in [-0.15, -0.1) is 24.8 Å². The van der Waals surface area contributed by atoms with Gasteiger partial charge in [0.2, 0.25) is 0 Å². The second-order valence-corrected chi connectivity index (χ2v) is 4.00. The minimum atomic E-state index is -1.23. The van der Waals surface area contributed by atoms with Gasteiger partial charge in [0, 0.05) is 13.1 Å². The van der Waals surface area contributed by atoms with Gasteiger partial charge in [0.25, 0.3) is 0 Å². The molecule has 10 nitrogen and oxygen atoms in total. The van der Waals surface area contributed by atoms with E-state index in [2.05, 4.69) is 0 Å². The van der Waals surface area contributed by atoms with Crippen molar-refractivity contribution in [2.24, 2.45) is 0 Å². The van der Waals surface area contributed by atoms with E-state index in [1.165, 1.54) is 0 Å². The van der Waals surface area contributed by atoms with Gasteiger partial charge in [-0.2, -0.15) is 0 Å². The summed E-state index contributed by atoms with van der Waals surface area (Å²) in [5.74, 6) is -4.91. The van der Waals surface area contributed by atoms with Crippen LogP contribution in [0.3, 0.4) is 0 Å². The first kappa shape index (κ1) is 25.3. The van der Waals surface area contributed by atoms with Crippen molar-refractivity contribution in [1.82, 2.24) is 9.80 Å². The third-order valence-electron chi connectivity index (χ3n) is 2.17. The molecule has 12 heteroatoms. The van der Waals surface area contributed by atoms with Crippen LogP contribution in [0.4, 0.5) is 0 Å². The smallest absolute Gasteiger partial charge is 0.317 e. The number of hydrogen-bond acceptors (Lipinski definition) is 6. The van der Waals surface area contributed by atoms with E-state index in [0.717, 1.165) is 9.80 Å². The number of halogens is 2. The average Bonchev–Trinajstić information content (AvgIpc) is 2.22. The number of nitrogens with zero attached hydrogens (tertiary/aromatic N) is 2. The predicted octanol–water partition coefficient (Wildman–Crippen LogP) is -1.23. The van der Waals surface area contributed by atoms with Gasteiger partial charge in [-0.05, 0) is 0 Å². The molecule has 0 atom stereocenters. The van der Waals surface area contributed by atoms with Crippen LogP contribution in [0.1, 0.15) is 0 Å². The van der Waals surface area contributed by atoms with Crippen molar-refractivity contribution in [3.8, 4) is 0 Å². The second-order valence-electron chi connectivity index (χ2n) is 4.00.